The molecular weight excluding hydrogens is 344 g/mol. The average molecular weight is 356 g/mol. The second-order valence-electron chi connectivity index (χ2n) is 4.25. The molecule has 4 nitrogen and oxygen atoms in total. The molecule has 4 N–H and O–H groups in total. The van der Waals surface area contributed by atoms with Crippen LogP contribution in [0.2, 0.25) is 0 Å². The highest BCUT2D eigenvalue weighted by molar-refractivity contribution is 9.10. The molecule has 21 heavy (non-hydrogen) atoms. The molecule has 110 valence electrons. The number of benzene rings is 2. The predicted octanol–water partition coefficient (Wildman–Crippen LogP) is 3.41. The first kappa shape index (κ1) is 15.2. The number of nitrogens with one attached hydrogen (secondary N) is 2. The summed E-state index contributed by atoms with van der Waals surface area (Å²) in [5.41, 5.74) is 6.36. The zero-order valence-electron chi connectivity index (χ0n) is 11.0. The van der Waals surface area contributed by atoms with Crippen LogP contribution in [0.3, 0.4) is 0 Å². The lowest BCUT2D eigenvalue weighted by Crippen LogP contribution is -2.18. The normalized spacial score (nSPS) is 10.3. The Morgan fingerprint density at radius 3 is 2.33 bits per heavy atom. The van der Waals surface area contributed by atoms with Crippen molar-refractivity contribution >= 4 is 38.9 Å². The first-order chi connectivity index (χ1) is 9.92. The summed E-state index contributed by atoms with van der Waals surface area (Å²) in [5, 5.41) is 5.05. The predicted molar refractivity (Wildman–Crippen MR) is 81.6 cm³/mol. The lowest BCUT2D eigenvalue weighted by atomic mass is 10.1. The van der Waals surface area contributed by atoms with Crippen molar-refractivity contribution in [3.8, 4) is 0 Å². The van der Waals surface area contributed by atoms with E-state index in [0.29, 0.717) is 15.7 Å². The maximum Gasteiger partial charge on any atom is 0.251 e. The lowest BCUT2D eigenvalue weighted by molar-refractivity contribution is 0.0963. The summed E-state index contributed by atoms with van der Waals surface area (Å²) in [6, 6.07) is 6.70. The third-order valence-electron chi connectivity index (χ3n) is 2.81. The second-order valence-corrected chi connectivity index (χ2v) is 5.17. The highest BCUT2D eigenvalue weighted by Crippen LogP contribution is 2.29. The van der Waals surface area contributed by atoms with Gasteiger partial charge in [-0.15, -0.1) is 0 Å². The van der Waals surface area contributed by atoms with Crippen LogP contribution in [0.25, 0.3) is 0 Å². The average Bonchev–Trinajstić information content (AvgIpc) is 2.43. The van der Waals surface area contributed by atoms with Crippen LogP contribution in [0.1, 0.15) is 10.4 Å². The molecule has 0 saturated heterocycles. The van der Waals surface area contributed by atoms with Gasteiger partial charge in [0.1, 0.15) is 5.69 Å². The summed E-state index contributed by atoms with van der Waals surface area (Å²) in [4.78, 5) is 11.5. The number of rotatable bonds is 3. The van der Waals surface area contributed by atoms with Gasteiger partial charge >= 0.3 is 0 Å². The summed E-state index contributed by atoms with van der Waals surface area (Å²) >= 11 is 3.00. The van der Waals surface area contributed by atoms with Crippen LogP contribution < -0.4 is 16.4 Å². The maximum absolute atomic E-state index is 13.8. The number of carbonyl (C=O) groups excluding carboxylic acids is 1. The Hall–Kier alpha value is -2.15. The van der Waals surface area contributed by atoms with E-state index >= 15 is 0 Å². The largest absolute Gasteiger partial charge is 0.397 e. The fraction of sp³-hybridized carbons (Fsp3) is 0.0714. The van der Waals surface area contributed by atoms with Crippen LogP contribution in [0.4, 0.5) is 25.8 Å². The molecule has 0 fully saturated rings. The number of nitrogens with two attached hydrogens (primary N) is 1. The minimum atomic E-state index is -0.753. The quantitative estimate of drug-likeness (QED) is 0.739. The Bertz CT molecular complexity index is 684. The van der Waals surface area contributed by atoms with Crippen LogP contribution in [-0.4, -0.2) is 13.0 Å². The Morgan fingerprint density at radius 2 is 1.81 bits per heavy atom. The molecule has 0 aromatic heterocycles. The minimum absolute atomic E-state index is 0.206. The minimum Gasteiger partial charge on any atom is -0.397 e. The molecule has 2 aromatic rings. The molecule has 0 aliphatic rings. The van der Waals surface area contributed by atoms with E-state index in [4.69, 9.17) is 5.73 Å². The molecule has 0 aliphatic carbocycles. The third-order valence-corrected chi connectivity index (χ3v) is 3.27. The molecule has 7 heteroatoms. The molecule has 0 heterocycles. The Morgan fingerprint density at radius 1 is 1.19 bits per heavy atom. The molecule has 0 spiro atoms. The van der Waals surface area contributed by atoms with E-state index in [-0.39, 0.29) is 17.3 Å². The van der Waals surface area contributed by atoms with E-state index in [1.807, 2.05) is 0 Å². The van der Waals surface area contributed by atoms with Crippen molar-refractivity contribution in [3.05, 3.63) is 52.0 Å². The molecular formula is C14H12BrF2N3O. The fourth-order valence-corrected chi connectivity index (χ4v) is 2.16. The molecule has 0 unspecified atom stereocenters. The molecule has 0 radical (unpaired) electrons. The number of hydrogen-bond acceptors (Lipinski definition) is 3. The van der Waals surface area contributed by atoms with Crippen molar-refractivity contribution in [2.24, 2.45) is 0 Å². The summed E-state index contributed by atoms with van der Waals surface area (Å²) in [6.07, 6.45) is 0. The zero-order chi connectivity index (χ0) is 15.6. The molecule has 0 saturated carbocycles. The van der Waals surface area contributed by atoms with E-state index < -0.39 is 11.6 Å². The van der Waals surface area contributed by atoms with Crippen molar-refractivity contribution < 1.29 is 13.6 Å². The van der Waals surface area contributed by atoms with Gasteiger partial charge in [0, 0.05) is 17.1 Å². The van der Waals surface area contributed by atoms with Gasteiger partial charge in [-0.2, -0.15) is 0 Å². The van der Waals surface area contributed by atoms with E-state index in [1.165, 1.54) is 25.2 Å². The monoisotopic (exact) mass is 355 g/mol. The van der Waals surface area contributed by atoms with Crippen LogP contribution in [0, 0.1) is 11.6 Å². The van der Waals surface area contributed by atoms with Crippen molar-refractivity contribution in [2.45, 2.75) is 0 Å². The van der Waals surface area contributed by atoms with Gasteiger partial charge in [0.25, 0.3) is 5.91 Å². The molecule has 0 atom stereocenters. The zero-order valence-corrected chi connectivity index (χ0v) is 12.6. The van der Waals surface area contributed by atoms with Gasteiger partial charge in [-0.25, -0.2) is 8.78 Å². The van der Waals surface area contributed by atoms with Crippen LogP contribution in [0.15, 0.2) is 34.8 Å². The fourth-order valence-electron chi connectivity index (χ4n) is 1.76. The molecule has 2 aromatic carbocycles. The van der Waals surface area contributed by atoms with Crippen molar-refractivity contribution in [1.29, 1.82) is 0 Å². The van der Waals surface area contributed by atoms with Crippen LogP contribution in [-0.2, 0) is 0 Å². The number of anilines is 3. The van der Waals surface area contributed by atoms with E-state index in [0.717, 1.165) is 12.1 Å². The van der Waals surface area contributed by atoms with Crippen molar-refractivity contribution in [3.63, 3.8) is 0 Å². The SMILES string of the molecule is CNC(=O)c1ccc(Nc2c(F)cc(Br)cc2F)c(N)c1. The van der Waals surface area contributed by atoms with Gasteiger partial charge in [-0.1, -0.05) is 15.9 Å². The number of carbonyl (C=O) groups is 1. The smallest absolute Gasteiger partial charge is 0.251 e. The second kappa shape index (κ2) is 6.09. The first-order valence-corrected chi connectivity index (χ1v) is 6.75. The third kappa shape index (κ3) is 3.30. The summed E-state index contributed by atoms with van der Waals surface area (Å²) < 4.78 is 27.8. The van der Waals surface area contributed by atoms with Crippen LogP contribution in [0.5, 0.6) is 0 Å². The Kier molecular flexibility index (Phi) is 4.42. The van der Waals surface area contributed by atoms with Crippen LogP contribution >= 0.6 is 15.9 Å². The number of halogens is 3. The van der Waals surface area contributed by atoms with Gasteiger partial charge in [0.2, 0.25) is 0 Å². The molecule has 0 aliphatic heterocycles. The number of hydrogen-bond donors (Lipinski definition) is 3. The topological polar surface area (TPSA) is 67.2 Å². The van der Waals surface area contributed by atoms with Gasteiger partial charge in [-0.3, -0.25) is 4.79 Å². The molecule has 1 amide bonds. The Balaban J connectivity index is 2.35. The first-order valence-electron chi connectivity index (χ1n) is 5.95. The van der Waals surface area contributed by atoms with E-state index in [1.54, 1.807) is 0 Å². The maximum atomic E-state index is 13.8. The highest BCUT2D eigenvalue weighted by Gasteiger charge is 2.13. The summed E-state index contributed by atoms with van der Waals surface area (Å²) in [5.74, 6) is -1.80. The number of amides is 1. The van der Waals surface area contributed by atoms with Crippen molar-refractivity contribution in [2.75, 3.05) is 18.1 Å². The highest BCUT2D eigenvalue weighted by atomic mass is 79.9. The standard InChI is InChI=1S/C14H12BrF2N3O/c1-19-14(21)7-2-3-12(11(18)4-7)20-13-9(16)5-8(15)6-10(13)17/h2-6,20H,18H2,1H3,(H,19,21). The summed E-state index contributed by atoms with van der Waals surface area (Å²) in [7, 11) is 1.50. The van der Waals surface area contributed by atoms with E-state index in [2.05, 4.69) is 26.6 Å². The Labute approximate surface area is 128 Å². The van der Waals surface area contributed by atoms with Gasteiger partial charge < -0.3 is 16.4 Å². The molecule has 0 bridgehead atoms. The number of nitrogen functional groups attached to an aromatic ring is 1. The van der Waals surface area contributed by atoms with Gasteiger partial charge in [0.05, 0.1) is 11.4 Å². The van der Waals surface area contributed by atoms with Gasteiger partial charge in [-0.05, 0) is 30.3 Å². The lowest BCUT2D eigenvalue weighted by Gasteiger charge is -2.12. The van der Waals surface area contributed by atoms with Gasteiger partial charge in [0.15, 0.2) is 11.6 Å². The molecule has 2 rings (SSSR count). The van der Waals surface area contributed by atoms with Crippen molar-refractivity contribution in [1.82, 2.24) is 5.32 Å². The summed E-state index contributed by atoms with van der Waals surface area (Å²) in [6.45, 7) is 0. The van der Waals surface area contributed by atoms with E-state index in [9.17, 15) is 13.6 Å².